The largest absolute Gasteiger partial charge is 0.305 e. The highest BCUT2D eigenvalue weighted by Gasteiger charge is 2.24. The number of likely N-dealkylation sites (N-methyl/N-ethyl adjacent to an activating group) is 1. The maximum Gasteiger partial charge on any atom is 0.300 e. The lowest BCUT2D eigenvalue weighted by Crippen LogP contribution is -2.32. The lowest BCUT2D eigenvalue weighted by Gasteiger charge is -2.13. The molecule has 1 rings (SSSR count). The van der Waals surface area contributed by atoms with Gasteiger partial charge in [0.15, 0.2) is 4.34 Å². The fourth-order valence-electron chi connectivity index (χ4n) is 1.20. The van der Waals surface area contributed by atoms with Gasteiger partial charge in [0.05, 0.1) is 4.92 Å². The first-order valence-electron chi connectivity index (χ1n) is 5.40. The molecule has 0 spiro atoms. The zero-order valence-corrected chi connectivity index (χ0v) is 12.8. The van der Waals surface area contributed by atoms with Crippen LogP contribution < -0.4 is 4.72 Å². The van der Waals surface area contributed by atoms with Crippen LogP contribution in [0.25, 0.3) is 0 Å². The summed E-state index contributed by atoms with van der Waals surface area (Å²) in [5, 5.41) is 10.6. The van der Waals surface area contributed by atoms with Crippen LogP contribution in [0.4, 0.5) is 5.69 Å². The summed E-state index contributed by atoms with van der Waals surface area (Å²) in [6.07, 6.45) is 0. The van der Waals surface area contributed by atoms with Gasteiger partial charge in [-0.25, -0.2) is 13.1 Å². The minimum Gasteiger partial charge on any atom is -0.305 e. The molecule has 0 aromatic carbocycles. The van der Waals surface area contributed by atoms with Crippen molar-refractivity contribution in [3.63, 3.8) is 0 Å². The Morgan fingerprint density at radius 3 is 2.68 bits per heavy atom. The molecule has 0 fully saturated rings. The van der Waals surface area contributed by atoms with Crippen LogP contribution >= 0.6 is 22.9 Å². The molecule has 7 nitrogen and oxygen atoms in total. The molecule has 0 saturated carbocycles. The molecule has 0 radical (unpaired) electrons. The fraction of sp³-hybridized carbons (Fsp3) is 0.556. The van der Waals surface area contributed by atoms with Crippen LogP contribution in [-0.2, 0) is 10.0 Å². The van der Waals surface area contributed by atoms with Gasteiger partial charge in [-0.1, -0.05) is 18.5 Å². The molecule has 10 heteroatoms. The first kappa shape index (κ1) is 16.3. The summed E-state index contributed by atoms with van der Waals surface area (Å²) in [5.74, 6) is 0. The Labute approximate surface area is 120 Å². The molecule has 0 bridgehead atoms. The first-order chi connectivity index (χ1) is 8.77. The van der Waals surface area contributed by atoms with Gasteiger partial charge in [0.1, 0.15) is 4.21 Å². The molecule has 0 aliphatic heterocycles. The topological polar surface area (TPSA) is 92.6 Å². The van der Waals surface area contributed by atoms with Crippen LogP contribution in [-0.4, -0.2) is 44.9 Å². The van der Waals surface area contributed by atoms with Crippen LogP contribution in [0, 0.1) is 10.1 Å². The first-order valence-corrected chi connectivity index (χ1v) is 8.07. The van der Waals surface area contributed by atoms with Crippen molar-refractivity contribution < 1.29 is 13.3 Å². The number of sulfonamides is 1. The standard InChI is InChI=1S/C9H14ClN3O4S2/c1-3-12(2)5-4-11-19(16,17)8-6-7(13(14)15)9(10)18-8/h6,11H,3-5H2,1-2H3. The Hall–Kier alpha value is -0.740. The monoisotopic (exact) mass is 327 g/mol. The van der Waals surface area contributed by atoms with Crippen molar-refractivity contribution in [2.24, 2.45) is 0 Å². The van der Waals surface area contributed by atoms with Crippen molar-refractivity contribution in [3.8, 4) is 0 Å². The van der Waals surface area contributed by atoms with E-state index in [-0.39, 0.29) is 15.1 Å². The zero-order chi connectivity index (χ0) is 14.6. The van der Waals surface area contributed by atoms with Gasteiger partial charge in [-0.2, -0.15) is 0 Å². The zero-order valence-electron chi connectivity index (χ0n) is 10.4. The number of hydrogen-bond acceptors (Lipinski definition) is 6. The molecular formula is C9H14ClN3O4S2. The maximum absolute atomic E-state index is 11.9. The van der Waals surface area contributed by atoms with E-state index >= 15 is 0 Å². The van der Waals surface area contributed by atoms with Crippen LogP contribution in [0.3, 0.4) is 0 Å². The fourth-order valence-corrected chi connectivity index (χ4v) is 3.93. The Kier molecular flexibility index (Phi) is 5.68. The van der Waals surface area contributed by atoms with Crippen molar-refractivity contribution in [2.75, 3.05) is 26.7 Å². The quantitative estimate of drug-likeness (QED) is 0.605. The predicted octanol–water partition coefficient (Wildman–Crippen LogP) is 1.54. The van der Waals surface area contributed by atoms with E-state index < -0.39 is 20.6 Å². The Morgan fingerprint density at radius 2 is 2.21 bits per heavy atom. The van der Waals surface area contributed by atoms with Crippen LogP contribution in [0.2, 0.25) is 4.34 Å². The van der Waals surface area contributed by atoms with Gasteiger partial charge in [-0.15, -0.1) is 11.3 Å². The van der Waals surface area contributed by atoms with E-state index in [1.165, 1.54) is 0 Å². The summed E-state index contributed by atoms with van der Waals surface area (Å²) >= 11 is 6.30. The summed E-state index contributed by atoms with van der Waals surface area (Å²) in [6, 6.07) is 0.971. The molecule has 0 saturated heterocycles. The van der Waals surface area contributed by atoms with Crippen molar-refractivity contribution in [1.82, 2.24) is 9.62 Å². The highest BCUT2D eigenvalue weighted by atomic mass is 35.5. The molecule has 1 aromatic heterocycles. The number of thiophene rings is 1. The Morgan fingerprint density at radius 1 is 1.58 bits per heavy atom. The van der Waals surface area contributed by atoms with Gasteiger partial charge in [0.2, 0.25) is 10.0 Å². The van der Waals surface area contributed by atoms with E-state index in [2.05, 4.69) is 4.72 Å². The third-order valence-electron chi connectivity index (χ3n) is 2.43. The maximum atomic E-state index is 11.9. The van der Waals surface area contributed by atoms with E-state index in [1.807, 2.05) is 18.9 Å². The molecule has 0 aliphatic carbocycles. The van der Waals surface area contributed by atoms with Gasteiger partial charge in [0.25, 0.3) is 5.69 Å². The SMILES string of the molecule is CCN(C)CCNS(=O)(=O)c1cc([N+](=O)[O-])c(Cl)s1. The van der Waals surface area contributed by atoms with Gasteiger partial charge < -0.3 is 4.90 Å². The number of hydrogen-bond donors (Lipinski definition) is 1. The van der Waals surface area contributed by atoms with E-state index in [9.17, 15) is 18.5 Å². The summed E-state index contributed by atoms with van der Waals surface area (Å²) in [6.45, 7) is 3.54. The summed E-state index contributed by atoms with van der Waals surface area (Å²) in [7, 11) is -1.88. The van der Waals surface area contributed by atoms with Gasteiger partial charge in [-0.3, -0.25) is 10.1 Å². The molecule has 1 heterocycles. The normalized spacial score (nSPS) is 12.0. The second kappa shape index (κ2) is 6.62. The predicted molar refractivity (Wildman–Crippen MR) is 74.3 cm³/mol. The van der Waals surface area contributed by atoms with E-state index in [1.54, 1.807) is 0 Å². The van der Waals surface area contributed by atoms with Crippen LogP contribution in [0.15, 0.2) is 10.3 Å². The molecule has 0 amide bonds. The lowest BCUT2D eigenvalue weighted by molar-refractivity contribution is -0.384. The molecule has 0 atom stereocenters. The number of nitrogens with zero attached hydrogens (tertiary/aromatic N) is 2. The molecule has 1 aromatic rings. The number of nitro groups is 1. The molecule has 108 valence electrons. The highest BCUT2D eigenvalue weighted by Crippen LogP contribution is 2.35. The van der Waals surface area contributed by atoms with Crippen LogP contribution in [0.5, 0.6) is 0 Å². The number of nitrogens with one attached hydrogen (secondary N) is 1. The second-order valence-electron chi connectivity index (χ2n) is 3.78. The molecule has 19 heavy (non-hydrogen) atoms. The smallest absolute Gasteiger partial charge is 0.300 e. The number of halogens is 1. The third-order valence-corrected chi connectivity index (χ3v) is 5.71. The lowest BCUT2D eigenvalue weighted by atomic mass is 10.5. The molecular weight excluding hydrogens is 314 g/mol. The van der Waals surface area contributed by atoms with Crippen LogP contribution in [0.1, 0.15) is 6.92 Å². The van der Waals surface area contributed by atoms with Crippen molar-refractivity contribution in [3.05, 3.63) is 20.5 Å². The van der Waals surface area contributed by atoms with E-state index in [4.69, 9.17) is 11.6 Å². The number of rotatable bonds is 7. The van der Waals surface area contributed by atoms with Crippen molar-refractivity contribution >= 4 is 38.6 Å². The second-order valence-corrected chi connectivity index (χ2v) is 7.42. The summed E-state index contributed by atoms with van der Waals surface area (Å²) in [5.41, 5.74) is -0.391. The minimum atomic E-state index is -3.75. The van der Waals surface area contributed by atoms with Gasteiger partial charge in [0, 0.05) is 19.2 Å². The third kappa shape index (κ3) is 4.39. The van der Waals surface area contributed by atoms with Crippen molar-refractivity contribution in [1.29, 1.82) is 0 Å². The molecule has 0 aliphatic rings. The van der Waals surface area contributed by atoms with Gasteiger partial charge >= 0.3 is 0 Å². The average Bonchev–Trinajstić information content (AvgIpc) is 2.71. The average molecular weight is 328 g/mol. The van der Waals surface area contributed by atoms with E-state index in [0.29, 0.717) is 17.9 Å². The molecule has 0 unspecified atom stereocenters. The van der Waals surface area contributed by atoms with Gasteiger partial charge in [-0.05, 0) is 13.6 Å². The van der Waals surface area contributed by atoms with E-state index in [0.717, 1.165) is 12.6 Å². The molecule has 1 N–H and O–H groups in total. The highest BCUT2D eigenvalue weighted by molar-refractivity contribution is 7.91. The Bertz CT molecular complexity index is 558. The minimum absolute atomic E-state index is 0.143. The summed E-state index contributed by atoms with van der Waals surface area (Å²) < 4.78 is 25.9. The summed E-state index contributed by atoms with van der Waals surface area (Å²) in [4.78, 5) is 11.8. The Balaban J connectivity index is 2.78. The van der Waals surface area contributed by atoms with Crippen molar-refractivity contribution in [2.45, 2.75) is 11.1 Å².